The lowest BCUT2D eigenvalue weighted by Crippen LogP contribution is -2.30. The summed E-state index contributed by atoms with van der Waals surface area (Å²) < 4.78 is 15.2. The van der Waals surface area contributed by atoms with Crippen LogP contribution in [0, 0.1) is 5.92 Å². The minimum atomic E-state index is -3.40. The Labute approximate surface area is 78.0 Å². The molecule has 0 bridgehead atoms. The van der Waals surface area contributed by atoms with Gasteiger partial charge in [0.05, 0.1) is 6.61 Å². The third-order valence-electron chi connectivity index (χ3n) is 1.26. The highest BCUT2D eigenvalue weighted by atomic mass is 31.2. The first-order valence-corrected chi connectivity index (χ1v) is 6.08. The smallest absolute Gasteiger partial charge is 0.325 e. The first-order valence-electron chi connectivity index (χ1n) is 4.05. The van der Waals surface area contributed by atoms with E-state index in [1.165, 1.54) is 0 Å². The Morgan fingerprint density at radius 1 is 1.62 bits per heavy atom. The highest BCUT2D eigenvalue weighted by Gasteiger charge is 2.10. The average molecular weight is 209 g/mol. The van der Waals surface area contributed by atoms with E-state index in [1.54, 1.807) is 13.8 Å². The molecule has 0 aliphatic rings. The Balaban J connectivity index is 3.47. The van der Waals surface area contributed by atoms with E-state index < -0.39 is 7.60 Å². The maximum absolute atomic E-state index is 11.0. The third-order valence-corrected chi connectivity index (χ3v) is 1.92. The zero-order valence-corrected chi connectivity index (χ0v) is 9.01. The lowest BCUT2D eigenvalue weighted by atomic mass is 10.2. The molecule has 1 amide bonds. The average Bonchev–Trinajstić information content (AvgIpc) is 1.95. The number of amides is 1. The van der Waals surface area contributed by atoms with E-state index >= 15 is 0 Å². The van der Waals surface area contributed by atoms with Gasteiger partial charge in [0.2, 0.25) is 5.91 Å². The fourth-order valence-corrected chi connectivity index (χ4v) is 1.02. The fraction of sp³-hybridized carbons (Fsp3) is 0.857. The van der Waals surface area contributed by atoms with Gasteiger partial charge in [-0.1, -0.05) is 13.8 Å². The molecule has 0 aromatic rings. The standard InChI is InChI=1S/C7H16NO4P/c1-6(2)7(9)8-4-5-12-13(3,10)11/h6H,4-5H2,1-3H3,(H,8,9)(H,10,11). The summed E-state index contributed by atoms with van der Waals surface area (Å²) in [6.45, 7) is 4.97. The number of rotatable bonds is 5. The molecular weight excluding hydrogens is 193 g/mol. The van der Waals surface area contributed by atoms with Crippen molar-refractivity contribution in [2.75, 3.05) is 19.8 Å². The highest BCUT2D eigenvalue weighted by molar-refractivity contribution is 7.51. The van der Waals surface area contributed by atoms with Crippen LogP contribution in [-0.2, 0) is 13.9 Å². The summed E-state index contributed by atoms with van der Waals surface area (Å²) in [4.78, 5) is 19.7. The van der Waals surface area contributed by atoms with Crippen LogP contribution < -0.4 is 5.32 Å². The predicted molar refractivity (Wildman–Crippen MR) is 49.5 cm³/mol. The van der Waals surface area contributed by atoms with Crippen molar-refractivity contribution < 1.29 is 18.8 Å². The van der Waals surface area contributed by atoms with Crippen LogP contribution in [0.4, 0.5) is 0 Å². The van der Waals surface area contributed by atoms with Gasteiger partial charge in [-0.2, -0.15) is 0 Å². The van der Waals surface area contributed by atoms with Crippen molar-refractivity contribution in [2.24, 2.45) is 5.92 Å². The van der Waals surface area contributed by atoms with Gasteiger partial charge in [0.25, 0.3) is 0 Å². The Morgan fingerprint density at radius 2 is 2.15 bits per heavy atom. The van der Waals surface area contributed by atoms with Crippen molar-refractivity contribution in [1.82, 2.24) is 5.32 Å². The second-order valence-electron chi connectivity index (χ2n) is 3.08. The molecule has 13 heavy (non-hydrogen) atoms. The van der Waals surface area contributed by atoms with Gasteiger partial charge < -0.3 is 14.7 Å². The summed E-state index contributed by atoms with van der Waals surface area (Å²) in [5.41, 5.74) is 0. The van der Waals surface area contributed by atoms with Gasteiger partial charge in [-0.25, -0.2) is 0 Å². The maximum Gasteiger partial charge on any atom is 0.325 e. The van der Waals surface area contributed by atoms with Gasteiger partial charge >= 0.3 is 7.60 Å². The summed E-state index contributed by atoms with van der Waals surface area (Å²) in [6, 6.07) is 0. The molecule has 0 spiro atoms. The Kier molecular flexibility index (Phi) is 5.21. The predicted octanol–water partition coefficient (Wildman–Crippen LogP) is 0.590. The molecule has 0 aromatic heterocycles. The van der Waals surface area contributed by atoms with E-state index in [4.69, 9.17) is 4.89 Å². The second kappa shape index (κ2) is 5.37. The summed E-state index contributed by atoms with van der Waals surface area (Å²) >= 11 is 0. The molecule has 2 N–H and O–H groups in total. The van der Waals surface area contributed by atoms with Crippen molar-refractivity contribution >= 4 is 13.5 Å². The van der Waals surface area contributed by atoms with Gasteiger partial charge in [0.1, 0.15) is 0 Å². The van der Waals surface area contributed by atoms with Crippen molar-refractivity contribution in [3.63, 3.8) is 0 Å². The SMILES string of the molecule is CC(C)C(=O)NCCOP(C)(=O)O. The van der Waals surface area contributed by atoms with Crippen LogP contribution in [0.3, 0.4) is 0 Å². The molecule has 0 aliphatic heterocycles. The van der Waals surface area contributed by atoms with E-state index in [1.807, 2.05) is 0 Å². The minimum absolute atomic E-state index is 0.0583. The quantitative estimate of drug-likeness (QED) is 0.513. The molecule has 5 nitrogen and oxygen atoms in total. The molecule has 78 valence electrons. The zero-order chi connectivity index (χ0) is 10.5. The molecule has 0 saturated carbocycles. The highest BCUT2D eigenvalue weighted by Crippen LogP contribution is 2.35. The molecule has 1 unspecified atom stereocenters. The molecule has 0 radical (unpaired) electrons. The van der Waals surface area contributed by atoms with Crippen molar-refractivity contribution in [1.29, 1.82) is 0 Å². The molecule has 6 heteroatoms. The van der Waals surface area contributed by atoms with Gasteiger partial charge in [-0.3, -0.25) is 9.36 Å². The number of carbonyl (C=O) groups excluding carboxylic acids is 1. The molecule has 0 aromatic carbocycles. The molecule has 0 saturated heterocycles. The van der Waals surface area contributed by atoms with Crippen LogP contribution in [0.1, 0.15) is 13.8 Å². The van der Waals surface area contributed by atoms with E-state index in [-0.39, 0.29) is 25.0 Å². The second-order valence-corrected chi connectivity index (χ2v) is 4.95. The molecule has 0 rings (SSSR count). The zero-order valence-electron chi connectivity index (χ0n) is 8.11. The van der Waals surface area contributed by atoms with E-state index in [0.29, 0.717) is 0 Å². The van der Waals surface area contributed by atoms with Crippen LogP contribution in [0.15, 0.2) is 0 Å². The number of nitrogens with one attached hydrogen (secondary N) is 1. The largest absolute Gasteiger partial charge is 0.354 e. The van der Waals surface area contributed by atoms with E-state index in [9.17, 15) is 9.36 Å². The summed E-state index contributed by atoms with van der Waals surface area (Å²) in [5, 5.41) is 2.56. The van der Waals surface area contributed by atoms with Crippen molar-refractivity contribution in [2.45, 2.75) is 13.8 Å². The normalized spacial score (nSPS) is 15.5. The molecular formula is C7H16NO4P. The lowest BCUT2D eigenvalue weighted by Gasteiger charge is -2.09. The van der Waals surface area contributed by atoms with Crippen LogP contribution in [0.5, 0.6) is 0 Å². The van der Waals surface area contributed by atoms with Crippen molar-refractivity contribution in [3.8, 4) is 0 Å². The monoisotopic (exact) mass is 209 g/mol. The van der Waals surface area contributed by atoms with Crippen molar-refractivity contribution in [3.05, 3.63) is 0 Å². The summed E-state index contributed by atoms with van der Waals surface area (Å²) in [6.07, 6.45) is 0. The minimum Gasteiger partial charge on any atom is -0.354 e. The van der Waals surface area contributed by atoms with E-state index in [0.717, 1.165) is 6.66 Å². The third kappa shape index (κ3) is 7.96. The van der Waals surface area contributed by atoms with Crippen LogP contribution in [0.2, 0.25) is 0 Å². The number of carbonyl (C=O) groups is 1. The molecule has 1 atom stereocenters. The summed E-state index contributed by atoms with van der Waals surface area (Å²) in [5.74, 6) is -0.171. The van der Waals surface area contributed by atoms with Gasteiger partial charge in [-0.05, 0) is 0 Å². The maximum atomic E-state index is 11.0. The molecule has 0 fully saturated rings. The van der Waals surface area contributed by atoms with Crippen LogP contribution >= 0.6 is 7.60 Å². The van der Waals surface area contributed by atoms with Crippen LogP contribution in [-0.4, -0.2) is 30.6 Å². The Bertz CT molecular complexity index is 211. The fourth-order valence-electron chi connectivity index (χ4n) is 0.593. The lowest BCUT2D eigenvalue weighted by molar-refractivity contribution is -0.124. The first-order chi connectivity index (χ1) is 5.83. The van der Waals surface area contributed by atoms with Gasteiger partial charge in [0.15, 0.2) is 0 Å². The summed E-state index contributed by atoms with van der Waals surface area (Å²) in [7, 11) is -3.40. The number of hydrogen-bond donors (Lipinski definition) is 2. The first kappa shape index (κ1) is 12.6. The number of hydrogen-bond acceptors (Lipinski definition) is 3. The molecule has 0 aliphatic carbocycles. The van der Waals surface area contributed by atoms with Gasteiger partial charge in [-0.15, -0.1) is 0 Å². The topological polar surface area (TPSA) is 75.6 Å². The van der Waals surface area contributed by atoms with E-state index in [2.05, 4.69) is 9.84 Å². The Morgan fingerprint density at radius 3 is 2.54 bits per heavy atom. The Hall–Kier alpha value is -0.380. The molecule has 0 heterocycles. The van der Waals surface area contributed by atoms with Crippen LogP contribution in [0.25, 0.3) is 0 Å². The van der Waals surface area contributed by atoms with Gasteiger partial charge in [0, 0.05) is 19.1 Å².